The van der Waals surface area contributed by atoms with Crippen molar-refractivity contribution >= 4 is 59.6 Å². The topological polar surface area (TPSA) is 313 Å². The number of hydrogen-bond acceptors (Lipinski definition) is 13. The van der Waals surface area contributed by atoms with Gasteiger partial charge >= 0.3 is 48.0 Å². The summed E-state index contributed by atoms with van der Waals surface area (Å²) in [7, 11) is 3.86. The van der Waals surface area contributed by atoms with Crippen molar-refractivity contribution in [3.63, 3.8) is 0 Å². The van der Waals surface area contributed by atoms with E-state index in [1.54, 1.807) is 0 Å². The number of methoxy groups -OCH3 is 3. The Kier molecular flexibility index (Phi) is 8.09. The maximum absolute atomic E-state index is 15.3. The Bertz CT molecular complexity index is 2790. The zero-order chi connectivity index (χ0) is 46.4. The molecule has 9 amide bonds. The molecule has 0 bridgehead atoms. The molecule has 4 atom stereocenters. The number of hydrogen-bond donors (Lipinski definition) is 5. The number of nitrogens with one attached hydrogen (secondary N) is 1. The van der Waals surface area contributed by atoms with Gasteiger partial charge in [0.25, 0.3) is 28.6 Å². The fourth-order valence-corrected chi connectivity index (χ4v) is 10.9. The minimum absolute atomic E-state index is 0.000112. The molecule has 1 aromatic heterocycles. The van der Waals surface area contributed by atoms with E-state index in [1.807, 2.05) is 0 Å². The van der Waals surface area contributed by atoms with Gasteiger partial charge in [0.2, 0.25) is 0 Å². The van der Waals surface area contributed by atoms with Crippen molar-refractivity contribution < 1.29 is 77.8 Å². The number of rotatable bonds is 9. The number of carboxylic acids is 4. The maximum atomic E-state index is 15.3. The van der Waals surface area contributed by atoms with Gasteiger partial charge in [0.1, 0.15) is 19.1 Å². The lowest BCUT2D eigenvalue weighted by Crippen LogP contribution is -2.81. The number of carbonyl (C=O) groups excluding carboxylic acids is 5. The van der Waals surface area contributed by atoms with Gasteiger partial charge in [-0.3, -0.25) is 49.0 Å². The zero-order valence-corrected chi connectivity index (χ0v) is 34.1. The lowest BCUT2D eigenvalue weighted by atomic mass is 9.88. The van der Waals surface area contributed by atoms with E-state index in [-0.39, 0.29) is 50.8 Å². The number of carboxylic acid groups (broad SMARTS) is 4. The van der Waals surface area contributed by atoms with Crippen LogP contribution in [0.4, 0.5) is 24.9 Å². The van der Waals surface area contributed by atoms with Gasteiger partial charge in [0.05, 0.1) is 47.5 Å². The van der Waals surface area contributed by atoms with Gasteiger partial charge < -0.3 is 40.0 Å². The number of anilines is 1. The van der Waals surface area contributed by atoms with Gasteiger partial charge in [-0.1, -0.05) is 0 Å². The van der Waals surface area contributed by atoms with Crippen LogP contribution in [0, 0.1) is 0 Å². The van der Waals surface area contributed by atoms with Crippen molar-refractivity contribution in [1.82, 2.24) is 44.2 Å². The Morgan fingerprint density at radius 2 is 0.892 bits per heavy atom. The smallest absolute Gasteiger partial charge is 0.356 e. The van der Waals surface area contributed by atoms with Crippen molar-refractivity contribution in [2.75, 3.05) is 40.0 Å². The molecule has 26 nitrogen and oxygen atoms in total. The van der Waals surface area contributed by atoms with E-state index in [0.29, 0.717) is 39.2 Å². The zero-order valence-electron chi connectivity index (χ0n) is 34.1. The van der Waals surface area contributed by atoms with E-state index in [1.165, 1.54) is 70.1 Å². The van der Waals surface area contributed by atoms with Crippen molar-refractivity contribution in [2.24, 2.45) is 0 Å². The minimum Gasteiger partial charge on any atom is -0.496 e. The molecule has 3 aromatic rings. The Hall–Kier alpha value is -8.58. The van der Waals surface area contributed by atoms with E-state index in [9.17, 15) is 44.4 Å². The number of aromatic nitrogens is 1. The molecule has 10 rings (SSSR count). The normalized spacial score (nSPS) is 26.7. The van der Waals surface area contributed by atoms with Crippen LogP contribution in [0.25, 0.3) is 0 Å². The predicted molar refractivity (Wildman–Crippen MR) is 207 cm³/mol. The summed E-state index contributed by atoms with van der Waals surface area (Å²) in [4.78, 5) is 139. The van der Waals surface area contributed by atoms with Crippen LogP contribution in [0.15, 0.2) is 48.8 Å². The summed E-state index contributed by atoms with van der Waals surface area (Å²) in [6.07, 6.45) is 2.71. The molecular weight excluding hydrogens is 864 g/mol. The Labute approximate surface area is 363 Å². The molecule has 7 aliphatic heterocycles. The number of urea groups is 4. The molecule has 0 saturated carbocycles. The highest BCUT2D eigenvalue weighted by Crippen LogP contribution is 2.61. The molecule has 0 aliphatic carbocycles. The van der Waals surface area contributed by atoms with Crippen LogP contribution in [-0.4, -0.2) is 176 Å². The minimum atomic E-state index is -3.44. The van der Waals surface area contributed by atoms with Crippen LogP contribution in [0.3, 0.4) is 0 Å². The molecule has 5 fully saturated rings. The molecule has 0 radical (unpaired) electrons. The summed E-state index contributed by atoms with van der Waals surface area (Å²) in [5, 5.41) is 48.5. The Morgan fingerprint density at radius 3 is 1.28 bits per heavy atom. The molecule has 8 heterocycles. The van der Waals surface area contributed by atoms with Crippen molar-refractivity contribution in [3.8, 4) is 17.2 Å². The number of amides is 9. The van der Waals surface area contributed by atoms with E-state index < -0.39 is 116 Å². The third-order valence-electron chi connectivity index (χ3n) is 13.5. The maximum Gasteiger partial charge on any atom is 0.356 e. The standard InChI is InChI=1S/C39H34N10O16/c1-63-24-5-4-23(41-27(50)18-6-8-40-9-7-18)21-14-44-34(61)48-16-46-32(59)42-12-19-10-25(64-2)26(65-3)11-20(19)13-43-33(60)47(38(46,30(55)56)36(42,43)28(51)52)17-49-35(62)45(15-22(21)24)37(44,29(53)54)39(48,49)31(57)58/h4-11H,12-17H2,1-3H3,(H,41,50)(H,51,52)(H,53,54)(H,55,56)(H,57,58)/t36?,37-,38?,39+/m1/s1. The first kappa shape index (κ1) is 40.5. The highest BCUT2D eigenvalue weighted by molar-refractivity contribution is 6.12. The molecule has 7 aliphatic rings. The molecule has 2 unspecified atom stereocenters. The predicted octanol–water partition coefficient (Wildman–Crippen LogP) is 0.0897. The van der Waals surface area contributed by atoms with Crippen LogP contribution < -0.4 is 19.5 Å². The number of benzene rings is 2. The average molecular weight is 899 g/mol. The van der Waals surface area contributed by atoms with Gasteiger partial charge in [-0.25, -0.2) is 38.4 Å². The van der Waals surface area contributed by atoms with Gasteiger partial charge in [-0.2, -0.15) is 0 Å². The lowest BCUT2D eigenvalue weighted by molar-refractivity contribution is -0.203. The summed E-state index contributed by atoms with van der Waals surface area (Å²) in [5.41, 5.74) is -12.8. The van der Waals surface area contributed by atoms with Crippen molar-refractivity contribution in [2.45, 2.75) is 48.8 Å². The first-order valence-corrected chi connectivity index (χ1v) is 19.4. The van der Waals surface area contributed by atoms with Crippen LogP contribution in [0.2, 0.25) is 0 Å². The van der Waals surface area contributed by atoms with E-state index in [0.717, 1.165) is 0 Å². The van der Waals surface area contributed by atoms with Gasteiger partial charge in [0.15, 0.2) is 11.5 Å². The van der Waals surface area contributed by atoms with Crippen LogP contribution in [0.1, 0.15) is 32.6 Å². The summed E-state index contributed by atoms with van der Waals surface area (Å²) in [6, 6.07) is 2.58. The monoisotopic (exact) mass is 898 g/mol. The third kappa shape index (κ3) is 4.27. The second-order valence-electron chi connectivity index (χ2n) is 15.8. The molecule has 0 spiro atoms. The molecule has 65 heavy (non-hydrogen) atoms. The highest BCUT2D eigenvalue weighted by atomic mass is 16.5. The average Bonchev–Trinajstić information content (AvgIpc) is 3.66. The van der Waals surface area contributed by atoms with Crippen LogP contribution in [-0.2, 0) is 45.4 Å². The largest absolute Gasteiger partial charge is 0.496 e. The fourth-order valence-electron chi connectivity index (χ4n) is 10.9. The van der Waals surface area contributed by atoms with E-state index in [4.69, 9.17) is 14.2 Å². The lowest BCUT2D eigenvalue weighted by Gasteiger charge is -2.50. The number of fused-ring (bicyclic) bond motifs is 2. The highest BCUT2D eigenvalue weighted by Gasteiger charge is 2.92. The third-order valence-corrected chi connectivity index (χ3v) is 13.5. The molecule has 5 N–H and O–H groups in total. The van der Waals surface area contributed by atoms with Crippen molar-refractivity contribution in [3.05, 3.63) is 76.6 Å². The number of ether oxygens (including phenoxy) is 3. The van der Waals surface area contributed by atoms with Crippen LogP contribution in [0.5, 0.6) is 17.2 Å². The molecule has 2 aromatic carbocycles. The summed E-state index contributed by atoms with van der Waals surface area (Å²) in [5.74, 6) is -8.82. The summed E-state index contributed by atoms with van der Waals surface area (Å²) >= 11 is 0. The molecule has 336 valence electrons. The number of nitrogens with zero attached hydrogens (tertiary/aromatic N) is 9. The van der Waals surface area contributed by atoms with Gasteiger partial charge in [0, 0.05) is 34.8 Å². The second-order valence-corrected chi connectivity index (χ2v) is 15.8. The van der Waals surface area contributed by atoms with E-state index >= 15 is 19.2 Å². The molecule has 5 saturated heterocycles. The SMILES string of the molecule is COc1cc2c(cc1OC)CN1C(=O)N3CN4C(=O)N5Cc6c(OC)ccc(NC(=O)c7ccncc7)c6CN6C(=O)N(CN7C(=O)N(C2)C1(C(=O)O)C73C(=O)O)[C@]4(C(=O)O)[C@]65C(=O)O. The van der Waals surface area contributed by atoms with Gasteiger partial charge in [-0.15, -0.1) is 0 Å². The van der Waals surface area contributed by atoms with E-state index in [2.05, 4.69) is 10.3 Å². The number of pyridine rings is 1. The van der Waals surface area contributed by atoms with Gasteiger partial charge in [-0.05, 0) is 47.5 Å². The van der Waals surface area contributed by atoms with Crippen molar-refractivity contribution in [1.29, 1.82) is 0 Å². The second kappa shape index (κ2) is 13.0. The first-order chi connectivity index (χ1) is 31.0. The van der Waals surface area contributed by atoms with Crippen LogP contribution >= 0.6 is 0 Å². The molecule has 26 heteroatoms. The number of aliphatic carboxylic acids is 4. The fraction of sp³-hybridized carbons (Fsp3) is 0.333. The molecular formula is C39H34N10O16. The number of carbonyl (C=O) groups is 9. The quantitative estimate of drug-likeness (QED) is 0.190. The summed E-state index contributed by atoms with van der Waals surface area (Å²) in [6.45, 7) is -6.07. The Balaban J connectivity index is 1.21. The summed E-state index contributed by atoms with van der Waals surface area (Å²) < 4.78 is 16.4. The first-order valence-electron chi connectivity index (χ1n) is 19.4. The Morgan fingerprint density at radius 1 is 0.523 bits per heavy atom.